The molecule has 0 aliphatic heterocycles. The Labute approximate surface area is 91.1 Å². The Morgan fingerprint density at radius 1 is 0.867 bits per heavy atom. The van der Waals surface area contributed by atoms with Gasteiger partial charge in [-0.15, -0.1) is 0 Å². The number of nitrogens with zero attached hydrogens (tertiary/aromatic N) is 1. The molecule has 3 rings (SSSR count). The first kappa shape index (κ1) is 9.20. The number of hydrogen-bond acceptors (Lipinski definition) is 1. The van der Waals surface area contributed by atoms with Gasteiger partial charge in [0.25, 0.3) is 0 Å². The Balaban J connectivity index is 2.28. The van der Waals surface area contributed by atoms with E-state index in [1.165, 1.54) is 67.5 Å². The van der Waals surface area contributed by atoms with Crippen LogP contribution in [0.2, 0.25) is 0 Å². The van der Waals surface area contributed by atoms with Crippen molar-refractivity contribution in [3.8, 4) is 0 Å². The molecule has 0 saturated heterocycles. The molecule has 2 heteroatoms. The molecule has 0 spiro atoms. The van der Waals surface area contributed by atoms with E-state index in [1.807, 2.05) is 0 Å². The molecule has 0 unspecified atom stereocenters. The summed E-state index contributed by atoms with van der Waals surface area (Å²) in [7, 11) is 2.23. The minimum atomic E-state index is 1.13. The SMILES string of the molecule is C[n+]1c2c(c(N)c3c1CCC3)CCCC2. The molecule has 1 heterocycles. The van der Waals surface area contributed by atoms with E-state index >= 15 is 0 Å². The second-order valence-electron chi connectivity index (χ2n) is 4.88. The van der Waals surface area contributed by atoms with Crippen LogP contribution in [0, 0.1) is 0 Å². The summed E-state index contributed by atoms with van der Waals surface area (Å²) in [5.74, 6) is 0. The Morgan fingerprint density at radius 3 is 2.13 bits per heavy atom. The topological polar surface area (TPSA) is 29.9 Å². The van der Waals surface area contributed by atoms with Crippen molar-refractivity contribution in [1.29, 1.82) is 0 Å². The largest absolute Gasteiger partial charge is 0.398 e. The number of nitrogen functional groups attached to an aromatic ring is 1. The zero-order chi connectivity index (χ0) is 10.4. The highest BCUT2D eigenvalue weighted by Gasteiger charge is 2.30. The fourth-order valence-corrected chi connectivity index (χ4v) is 3.28. The summed E-state index contributed by atoms with van der Waals surface area (Å²) in [6.45, 7) is 0. The molecule has 0 amide bonds. The van der Waals surface area contributed by atoms with Gasteiger partial charge in [0.05, 0.1) is 5.69 Å². The van der Waals surface area contributed by atoms with E-state index in [1.54, 1.807) is 0 Å². The predicted molar refractivity (Wildman–Crippen MR) is 60.7 cm³/mol. The number of hydrogen-bond donors (Lipinski definition) is 1. The molecule has 0 atom stereocenters. The van der Waals surface area contributed by atoms with Gasteiger partial charge in [-0.1, -0.05) is 0 Å². The predicted octanol–water partition coefficient (Wildman–Crippen LogP) is 1.46. The van der Waals surface area contributed by atoms with Crippen LogP contribution in [-0.2, 0) is 32.7 Å². The van der Waals surface area contributed by atoms with Crippen molar-refractivity contribution >= 4 is 5.69 Å². The van der Waals surface area contributed by atoms with Crippen molar-refractivity contribution < 1.29 is 4.57 Å². The van der Waals surface area contributed by atoms with E-state index < -0.39 is 0 Å². The van der Waals surface area contributed by atoms with Crippen molar-refractivity contribution in [2.45, 2.75) is 44.9 Å². The Hall–Kier alpha value is -1.05. The van der Waals surface area contributed by atoms with E-state index in [2.05, 4.69) is 11.6 Å². The highest BCUT2D eigenvalue weighted by Crippen LogP contribution is 2.32. The van der Waals surface area contributed by atoms with Gasteiger partial charge in [0.1, 0.15) is 7.05 Å². The van der Waals surface area contributed by atoms with Gasteiger partial charge in [0.15, 0.2) is 11.4 Å². The number of anilines is 1. The van der Waals surface area contributed by atoms with Crippen LogP contribution in [0.1, 0.15) is 41.8 Å². The van der Waals surface area contributed by atoms with Gasteiger partial charge in [0.2, 0.25) is 0 Å². The third-order valence-electron chi connectivity index (χ3n) is 4.09. The molecule has 0 aromatic carbocycles. The third kappa shape index (κ3) is 1.20. The first-order valence-corrected chi connectivity index (χ1v) is 6.10. The van der Waals surface area contributed by atoms with Crippen LogP contribution in [0.3, 0.4) is 0 Å². The van der Waals surface area contributed by atoms with Crippen LogP contribution in [0.25, 0.3) is 0 Å². The van der Waals surface area contributed by atoms with E-state index in [0.717, 1.165) is 5.69 Å². The van der Waals surface area contributed by atoms with Crippen molar-refractivity contribution in [3.63, 3.8) is 0 Å². The lowest BCUT2D eigenvalue weighted by molar-refractivity contribution is -0.687. The van der Waals surface area contributed by atoms with Crippen molar-refractivity contribution in [1.82, 2.24) is 0 Å². The molecule has 0 saturated carbocycles. The molecular weight excluding hydrogens is 184 g/mol. The van der Waals surface area contributed by atoms with E-state index in [-0.39, 0.29) is 0 Å². The minimum absolute atomic E-state index is 1.13. The number of fused-ring (bicyclic) bond motifs is 2. The number of pyridine rings is 1. The van der Waals surface area contributed by atoms with Gasteiger partial charge >= 0.3 is 0 Å². The molecule has 15 heavy (non-hydrogen) atoms. The van der Waals surface area contributed by atoms with Gasteiger partial charge < -0.3 is 5.73 Å². The lowest BCUT2D eigenvalue weighted by Gasteiger charge is -2.18. The third-order valence-corrected chi connectivity index (χ3v) is 4.09. The molecule has 2 aliphatic rings. The molecular formula is C13H19N2+. The average Bonchev–Trinajstić information content (AvgIpc) is 2.75. The molecule has 1 aromatic rings. The number of rotatable bonds is 0. The zero-order valence-electron chi connectivity index (χ0n) is 9.47. The molecule has 0 fully saturated rings. The normalized spacial score (nSPS) is 18.7. The summed E-state index contributed by atoms with van der Waals surface area (Å²) in [5, 5.41) is 0. The summed E-state index contributed by atoms with van der Waals surface area (Å²) in [6, 6.07) is 0. The quantitative estimate of drug-likeness (QED) is 0.636. The van der Waals surface area contributed by atoms with Crippen molar-refractivity contribution in [2.75, 3.05) is 5.73 Å². The highest BCUT2D eigenvalue weighted by molar-refractivity contribution is 5.57. The van der Waals surface area contributed by atoms with Crippen molar-refractivity contribution in [2.24, 2.45) is 7.05 Å². The van der Waals surface area contributed by atoms with Gasteiger partial charge in [-0.05, 0) is 32.1 Å². The lowest BCUT2D eigenvalue weighted by Crippen LogP contribution is -2.41. The smallest absolute Gasteiger partial charge is 0.186 e. The second-order valence-corrected chi connectivity index (χ2v) is 4.88. The zero-order valence-corrected chi connectivity index (χ0v) is 9.47. The van der Waals surface area contributed by atoms with Crippen LogP contribution in [0.4, 0.5) is 5.69 Å². The first-order valence-electron chi connectivity index (χ1n) is 6.10. The molecule has 2 aliphatic carbocycles. The fraction of sp³-hybridized carbons (Fsp3) is 0.615. The Bertz CT molecular complexity index is 382. The standard InChI is InChI=1S/C13H18N2/c1-15-11-7-3-2-5-9(11)13(14)10-6-4-8-12(10)15/h14H,2-8H2,1H3/p+1. The van der Waals surface area contributed by atoms with E-state index in [0.29, 0.717) is 0 Å². The summed E-state index contributed by atoms with van der Waals surface area (Å²) >= 11 is 0. The summed E-state index contributed by atoms with van der Waals surface area (Å²) in [5.41, 5.74) is 13.4. The lowest BCUT2D eigenvalue weighted by atomic mass is 9.92. The first-order chi connectivity index (χ1) is 7.29. The van der Waals surface area contributed by atoms with Gasteiger partial charge in [-0.2, -0.15) is 0 Å². The maximum Gasteiger partial charge on any atom is 0.186 e. The Morgan fingerprint density at radius 2 is 1.40 bits per heavy atom. The van der Waals surface area contributed by atoms with Gasteiger partial charge in [0, 0.05) is 24.0 Å². The molecule has 2 nitrogen and oxygen atoms in total. The summed E-state index contributed by atoms with van der Waals surface area (Å²) in [4.78, 5) is 0. The van der Waals surface area contributed by atoms with Gasteiger partial charge in [-0.3, -0.25) is 0 Å². The molecule has 0 radical (unpaired) electrons. The maximum atomic E-state index is 6.31. The number of nitrogens with two attached hydrogens (primary N) is 1. The van der Waals surface area contributed by atoms with E-state index in [4.69, 9.17) is 5.73 Å². The van der Waals surface area contributed by atoms with E-state index in [9.17, 15) is 0 Å². The van der Waals surface area contributed by atoms with Crippen LogP contribution in [0.15, 0.2) is 0 Å². The number of aromatic nitrogens is 1. The van der Waals surface area contributed by atoms with Crippen LogP contribution < -0.4 is 10.3 Å². The monoisotopic (exact) mass is 203 g/mol. The summed E-state index contributed by atoms with van der Waals surface area (Å²) < 4.78 is 2.44. The highest BCUT2D eigenvalue weighted by atomic mass is 15.0. The molecule has 1 aromatic heterocycles. The second kappa shape index (κ2) is 3.22. The molecule has 80 valence electrons. The van der Waals surface area contributed by atoms with Crippen LogP contribution in [-0.4, -0.2) is 0 Å². The summed E-state index contributed by atoms with van der Waals surface area (Å²) in [6.07, 6.45) is 8.78. The van der Waals surface area contributed by atoms with Gasteiger partial charge in [-0.25, -0.2) is 4.57 Å². The fourth-order valence-electron chi connectivity index (χ4n) is 3.28. The Kier molecular flexibility index (Phi) is 1.98. The minimum Gasteiger partial charge on any atom is -0.398 e. The van der Waals surface area contributed by atoms with Crippen molar-refractivity contribution in [3.05, 3.63) is 22.5 Å². The maximum absolute atomic E-state index is 6.31. The average molecular weight is 203 g/mol. The molecule has 2 N–H and O–H groups in total. The van der Waals surface area contributed by atoms with Crippen LogP contribution >= 0.6 is 0 Å². The van der Waals surface area contributed by atoms with Crippen LogP contribution in [0.5, 0.6) is 0 Å². The molecule has 0 bridgehead atoms.